The van der Waals surface area contributed by atoms with E-state index in [0.29, 0.717) is 18.0 Å². The first kappa shape index (κ1) is 24.2. The number of guanidine groups is 1. The first-order chi connectivity index (χ1) is 12.4. The van der Waals surface area contributed by atoms with E-state index < -0.39 is 0 Å². The average molecular weight is 507 g/mol. The minimum Gasteiger partial charge on any atom is -0.356 e. The molecule has 27 heavy (non-hydrogen) atoms. The van der Waals surface area contributed by atoms with Crippen LogP contribution in [0.2, 0.25) is 0 Å². The van der Waals surface area contributed by atoms with Gasteiger partial charge >= 0.3 is 0 Å². The second kappa shape index (κ2) is 11.9. The maximum Gasteiger partial charge on any atom is 0.243 e. The lowest BCUT2D eigenvalue weighted by Gasteiger charge is -2.22. The zero-order valence-corrected chi connectivity index (χ0v) is 20.2. The Labute approximate surface area is 184 Å². The van der Waals surface area contributed by atoms with Gasteiger partial charge in [0.1, 0.15) is 6.54 Å². The minimum absolute atomic E-state index is 0. The number of hydrogen-bond donors (Lipinski definition) is 2. The maximum atomic E-state index is 11.9. The van der Waals surface area contributed by atoms with Crippen LogP contribution in [0.1, 0.15) is 25.6 Å². The van der Waals surface area contributed by atoms with Gasteiger partial charge in [0, 0.05) is 50.7 Å². The first-order valence-electron chi connectivity index (χ1n) is 9.38. The maximum absolute atomic E-state index is 11.9. The van der Waals surface area contributed by atoms with Gasteiger partial charge in [0.05, 0.1) is 0 Å². The van der Waals surface area contributed by atoms with Crippen molar-refractivity contribution in [3.8, 4) is 0 Å². The number of carbonyl (C=O) groups is 1. The Morgan fingerprint density at radius 3 is 2.70 bits per heavy atom. The standard InChI is InChI=1S/C19H33N5OS.HI/c1-14(2)24-12-15(3)17(13-24)22-19(21-11-18(25)23(4)5)20-9-8-16-7-6-10-26-16;/h6-7,10,14-15,17H,8-9,11-13H2,1-5H3,(H2,20,21,22);1H. The predicted molar refractivity (Wildman–Crippen MR) is 125 cm³/mol. The zero-order valence-electron chi connectivity index (χ0n) is 17.1. The summed E-state index contributed by atoms with van der Waals surface area (Å²) in [5.74, 6) is 1.29. The molecule has 2 rings (SSSR count). The molecule has 0 aliphatic carbocycles. The zero-order chi connectivity index (χ0) is 19.1. The molecule has 2 unspecified atom stereocenters. The SMILES string of the molecule is CC1CN(C(C)C)CC1NC(=NCC(=O)N(C)C)NCCc1cccs1.I. The quantitative estimate of drug-likeness (QED) is 0.338. The van der Waals surface area contributed by atoms with Crippen molar-refractivity contribution >= 4 is 47.2 Å². The van der Waals surface area contributed by atoms with E-state index >= 15 is 0 Å². The lowest BCUT2D eigenvalue weighted by molar-refractivity contribution is -0.127. The van der Waals surface area contributed by atoms with Crippen molar-refractivity contribution in [1.82, 2.24) is 20.4 Å². The summed E-state index contributed by atoms with van der Waals surface area (Å²) in [5, 5.41) is 9.05. The summed E-state index contributed by atoms with van der Waals surface area (Å²) in [5.41, 5.74) is 0. The van der Waals surface area contributed by atoms with Gasteiger partial charge in [0.25, 0.3) is 0 Å². The number of nitrogens with zero attached hydrogens (tertiary/aromatic N) is 3. The van der Waals surface area contributed by atoms with Gasteiger partial charge in [-0.1, -0.05) is 13.0 Å². The fraction of sp³-hybridized carbons (Fsp3) is 0.684. The van der Waals surface area contributed by atoms with E-state index in [4.69, 9.17) is 0 Å². The van der Waals surface area contributed by atoms with Crippen molar-refractivity contribution in [3.05, 3.63) is 22.4 Å². The van der Waals surface area contributed by atoms with E-state index in [2.05, 4.69) is 58.8 Å². The number of likely N-dealkylation sites (N-methyl/N-ethyl adjacent to an activating group) is 1. The lowest BCUT2D eigenvalue weighted by Crippen LogP contribution is -2.47. The number of aliphatic imine (C=N–C) groups is 1. The van der Waals surface area contributed by atoms with Crippen LogP contribution in [0.15, 0.2) is 22.5 Å². The van der Waals surface area contributed by atoms with Crippen molar-refractivity contribution < 1.29 is 4.79 Å². The Kier molecular flexibility index (Phi) is 10.6. The third-order valence-corrected chi connectivity index (χ3v) is 5.74. The van der Waals surface area contributed by atoms with Gasteiger partial charge in [-0.15, -0.1) is 35.3 Å². The predicted octanol–water partition coefficient (Wildman–Crippen LogP) is 2.26. The Hall–Kier alpha value is -0.870. The molecule has 1 aliphatic heterocycles. The normalized spacial score (nSPS) is 20.4. The number of likely N-dealkylation sites (tertiary alicyclic amines) is 1. The molecule has 2 atom stereocenters. The van der Waals surface area contributed by atoms with E-state index in [9.17, 15) is 4.79 Å². The highest BCUT2D eigenvalue weighted by molar-refractivity contribution is 14.0. The molecule has 1 aliphatic rings. The molecule has 0 aromatic carbocycles. The molecule has 2 N–H and O–H groups in total. The number of rotatable bonds is 7. The molecule has 1 fully saturated rings. The molecule has 0 bridgehead atoms. The third-order valence-electron chi connectivity index (χ3n) is 4.81. The average Bonchev–Trinajstić information content (AvgIpc) is 3.22. The number of hydrogen-bond acceptors (Lipinski definition) is 4. The third kappa shape index (κ3) is 7.95. The smallest absolute Gasteiger partial charge is 0.243 e. The van der Waals surface area contributed by atoms with Crippen molar-refractivity contribution in [3.63, 3.8) is 0 Å². The van der Waals surface area contributed by atoms with Crippen LogP contribution in [-0.4, -0.2) is 74.0 Å². The molecule has 0 radical (unpaired) electrons. The van der Waals surface area contributed by atoms with Gasteiger partial charge in [-0.3, -0.25) is 9.69 Å². The van der Waals surface area contributed by atoms with Crippen LogP contribution >= 0.6 is 35.3 Å². The molecule has 6 nitrogen and oxygen atoms in total. The highest BCUT2D eigenvalue weighted by Gasteiger charge is 2.31. The van der Waals surface area contributed by atoms with E-state index in [1.807, 2.05) is 0 Å². The van der Waals surface area contributed by atoms with Crippen molar-refractivity contribution in [2.24, 2.45) is 10.9 Å². The first-order valence-corrected chi connectivity index (χ1v) is 10.3. The summed E-state index contributed by atoms with van der Waals surface area (Å²) in [4.78, 5) is 21.8. The summed E-state index contributed by atoms with van der Waals surface area (Å²) in [6.07, 6.45) is 0.957. The summed E-state index contributed by atoms with van der Waals surface area (Å²) in [7, 11) is 3.52. The van der Waals surface area contributed by atoms with E-state index in [1.165, 1.54) is 4.88 Å². The summed E-state index contributed by atoms with van der Waals surface area (Å²) >= 11 is 1.77. The molecule has 0 spiro atoms. The Balaban J connectivity index is 0.00000364. The number of thiophene rings is 1. The van der Waals surface area contributed by atoms with Crippen LogP contribution in [-0.2, 0) is 11.2 Å². The molecular formula is C19H34IN5OS. The minimum atomic E-state index is 0. The molecule has 1 aromatic heterocycles. The van der Waals surface area contributed by atoms with Crippen LogP contribution < -0.4 is 10.6 Å². The van der Waals surface area contributed by atoms with Crippen LogP contribution in [0.3, 0.4) is 0 Å². The molecule has 1 saturated heterocycles. The van der Waals surface area contributed by atoms with E-state index in [-0.39, 0.29) is 36.4 Å². The summed E-state index contributed by atoms with van der Waals surface area (Å²) in [6.45, 7) is 9.81. The fourth-order valence-electron chi connectivity index (χ4n) is 2.99. The highest BCUT2D eigenvalue weighted by atomic mass is 127. The monoisotopic (exact) mass is 507 g/mol. The van der Waals surface area contributed by atoms with Crippen molar-refractivity contribution in [1.29, 1.82) is 0 Å². The molecule has 1 amide bonds. The van der Waals surface area contributed by atoms with Crippen molar-refractivity contribution in [2.75, 3.05) is 40.3 Å². The van der Waals surface area contributed by atoms with Crippen LogP contribution in [0.25, 0.3) is 0 Å². The number of halogens is 1. The van der Waals surface area contributed by atoms with Gasteiger partial charge < -0.3 is 15.5 Å². The van der Waals surface area contributed by atoms with Crippen LogP contribution in [0.4, 0.5) is 0 Å². The molecular weight excluding hydrogens is 473 g/mol. The van der Waals surface area contributed by atoms with Gasteiger partial charge in [-0.05, 0) is 37.6 Å². The van der Waals surface area contributed by atoms with Gasteiger partial charge in [-0.25, -0.2) is 4.99 Å². The largest absolute Gasteiger partial charge is 0.356 e. The Morgan fingerprint density at radius 2 is 2.15 bits per heavy atom. The summed E-state index contributed by atoms with van der Waals surface area (Å²) in [6, 6.07) is 5.11. The van der Waals surface area contributed by atoms with Gasteiger partial charge in [0.15, 0.2) is 5.96 Å². The van der Waals surface area contributed by atoms with Crippen LogP contribution in [0, 0.1) is 5.92 Å². The molecule has 8 heteroatoms. The van der Waals surface area contributed by atoms with Gasteiger partial charge in [0.2, 0.25) is 5.91 Å². The highest BCUT2D eigenvalue weighted by Crippen LogP contribution is 2.18. The Morgan fingerprint density at radius 1 is 1.41 bits per heavy atom. The molecule has 0 saturated carbocycles. The lowest BCUT2D eigenvalue weighted by atomic mass is 10.1. The Bertz CT molecular complexity index is 591. The fourth-order valence-corrected chi connectivity index (χ4v) is 3.70. The van der Waals surface area contributed by atoms with E-state index in [1.54, 1.807) is 30.3 Å². The number of carbonyl (C=O) groups excluding carboxylic acids is 1. The van der Waals surface area contributed by atoms with Crippen LogP contribution in [0.5, 0.6) is 0 Å². The second-order valence-electron chi connectivity index (χ2n) is 7.48. The molecule has 2 heterocycles. The molecule has 1 aromatic rings. The van der Waals surface area contributed by atoms with E-state index in [0.717, 1.165) is 32.0 Å². The number of nitrogens with one attached hydrogen (secondary N) is 2. The topological polar surface area (TPSA) is 60.0 Å². The van der Waals surface area contributed by atoms with Crippen molar-refractivity contribution in [2.45, 2.75) is 39.3 Å². The summed E-state index contributed by atoms with van der Waals surface area (Å²) < 4.78 is 0. The van der Waals surface area contributed by atoms with Gasteiger partial charge in [-0.2, -0.15) is 0 Å². The number of amides is 1. The second-order valence-corrected chi connectivity index (χ2v) is 8.52. The molecule has 154 valence electrons.